The zero-order valence-electron chi connectivity index (χ0n) is 14.4. The summed E-state index contributed by atoms with van der Waals surface area (Å²) in [5, 5.41) is 9.49. The van der Waals surface area contributed by atoms with Crippen molar-refractivity contribution in [2.24, 2.45) is 0 Å². The molecule has 4 nitrogen and oxygen atoms in total. The quantitative estimate of drug-likeness (QED) is 0.717. The molecule has 0 spiro atoms. The molecular formula is C20H25NO3. The highest BCUT2D eigenvalue weighted by molar-refractivity contribution is 5.37. The molecule has 0 saturated carbocycles. The van der Waals surface area contributed by atoms with Crippen LogP contribution in [0, 0.1) is 0 Å². The fraction of sp³-hybridized carbons (Fsp3) is 0.300. The highest BCUT2D eigenvalue weighted by Gasteiger charge is 2.11. The third-order valence-corrected chi connectivity index (χ3v) is 3.90. The second-order valence-corrected chi connectivity index (χ2v) is 5.57. The minimum absolute atomic E-state index is 0.0367. The van der Waals surface area contributed by atoms with E-state index in [1.165, 1.54) is 0 Å². The topological polar surface area (TPSA) is 41.9 Å². The Kier molecular flexibility index (Phi) is 6.85. The predicted octanol–water partition coefficient (Wildman–Crippen LogP) is 3.38. The van der Waals surface area contributed by atoms with Gasteiger partial charge in [-0.3, -0.25) is 4.90 Å². The Labute approximate surface area is 143 Å². The number of hydrogen-bond donors (Lipinski definition) is 1. The summed E-state index contributed by atoms with van der Waals surface area (Å²) < 4.78 is 10.7. The van der Waals surface area contributed by atoms with Crippen molar-refractivity contribution in [3.8, 4) is 11.5 Å². The number of nitrogens with zero attached hydrogens (tertiary/aromatic N) is 1. The number of ether oxygens (including phenoxy) is 2. The Balaban J connectivity index is 2.18. The van der Waals surface area contributed by atoms with E-state index >= 15 is 0 Å². The van der Waals surface area contributed by atoms with E-state index in [-0.39, 0.29) is 6.61 Å². The number of hydrogen-bond acceptors (Lipinski definition) is 4. The van der Waals surface area contributed by atoms with Crippen LogP contribution < -0.4 is 9.47 Å². The maximum Gasteiger partial charge on any atom is 0.124 e. The second kappa shape index (κ2) is 9.11. The van der Waals surface area contributed by atoms with Crippen LogP contribution in [0.15, 0.2) is 55.1 Å². The van der Waals surface area contributed by atoms with Crippen molar-refractivity contribution < 1.29 is 14.6 Å². The van der Waals surface area contributed by atoms with Crippen molar-refractivity contribution in [2.45, 2.75) is 19.7 Å². The van der Waals surface area contributed by atoms with Crippen molar-refractivity contribution in [2.75, 3.05) is 20.8 Å². The highest BCUT2D eigenvalue weighted by atomic mass is 16.5. The van der Waals surface area contributed by atoms with Gasteiger partial charge in [0.1, 0.15) is 11.5 Å². The maximum absolute atomic E-state index is 9.49. The molecule has 0 atom stereocenters. The van der Waals surface area contributed by atoms with Gasteiger partial charge < -0.3 is 14.6 Å². The lowest BCUT2D eigenvalue weighted by Crippen LogP contribution is -2.23. The summed E-state index contributed by atoms with van der Waals surface area (Å²) >= 11 is 0. The van der Waals surface area contributed by atoms with Crippen LogP contribution >= 0.6 is 0 Å². The van der Waals surface area contributed by atoms with E-state index < -0.39 is 0 Å². The molecule has 0 aliphatic rings. The van der Waals surface area contributed by atoms with Gasteiger partial charge in [0.05, 0.1) is 20.8 Å². The summed E-state index contributed by atoms with van der Waals surface area (Å²) in [7, 11) is 3.30. The van der Waals surface area contributed by atoms with Crippen molar-refractivity contribution in [1.82, 2.24) is 4.90 Å². The Bertz CT molecular complexity index is 670. The maximum atomic E-state index is 9.49. The van der Waals surface area contributed by atoms with Gasteiger partial charge in [0.25, 0.3) is 0 Å². The SMILES string of the molecule is C=CCN(Cc1ccc(OC)c(CO)c1)Cc1ccccc1OC. The first-order chi connectivity index (χ1) is 11.7. The summed E-state index contributed by atoms with van der Waals surface area (Å²) in [6, 6.07) is 13.9. The van der Waals surface area contributed by atoms with E-state index in [2.05, 4.69) is 17.5 Å². The molecule has 2 aromatic rings. The zero-order valence-corrected chi connectivity index (χ0v) is 14.4. The van der Waals surface area contributed by atoms with Crippen LogP contribution in [-0.4, -0.2) is 30.8 Å². The highest BCUT2D eigenvalue weighted by Crippen LogP contribution is 2.23. The van der Waals surface area contributed by atoms with Crippen LogP contribution in [0.2, 0.25) is 0 Å². The number of rotatable bonds is 9. The molecule has 0 fully saturated rings. The fourth-order valence-electron chi connectivity index (χ4n) is 2.75. The lowest BCUT2D eigenvalue weighted by Gasteiger charge is -2.22. The summed E-state index contributed by atoms with van der Waals surface area (Å²) in [6.07, 6.45) is 1.89. The van der Waals surface area contributed by atoms with Crippen molar-refractivity contribution in [1.29, 1.82) is 0 Å². The molecule has 0 aliphatic heterocycles. The Morgan fingerprint density at radius 3 is 2.38 bits per heavy atom. The molecule has 2 rings (SSSR count). The van der Waals surface area contributed by atoms with E-state index in [1.807, 2.05) is 42.5 Å². The third kappa shape index (κ3) is 4.60. The summed E-state index contributed by atoms with van der Waals surface area (Å²) in [5.74, 6) is 1.60. The van der Waals surface area contributed by atoms with Crippen LogP contribution in [0.4, 0.5) is 0 Å². The first kappa shape index (κ1) is 18.0. The Hall–Kier alpha value is -2.30. The molecule has 0 saturated heterocycles. The molecule has 0 bridgehead atoms. The monoisotopic (exact) mass is 327 g/mol. The number of benzene rings is 2. The normalized spacial score (nSPS) is 10.7. The van der Waals surface area contributed by atoms with Gasteiger partial charge >= 0.3 is 0 Å². The van der Waals surface area contributed by atoms with Gasteiger partial charge in [-0.15, -0.1) is 6.58 Å². The lowest BCUT2D eigenvalue weighted by molar-refractivity contribution is 0.270. The summed E-state index contributed by atoms with van der Waals surface area (Å²) in [6.45, 7) is 6.09. The van der Waals surface area contributed by atoms with Crippen molar-refractivity contribution in [3.63, 3.8) is 0 Å². The van der Waals surface area contributed by atoms with E-state index in [1.54, 1.807) is 14.2 Å². The molecule has 128 valence electrons. The zero-order chi connectivity index (χ0) is 17.4. The minimum Gasteiger partial charge on any atom is -0.496 e. The predicted molar refractivity (Wildman–Crippen MR) is 96.2 cm³/mol. The van der Waals surface area contributed by atoms with Gasteiger partial charge in [0, 0.05) is 30.8 Å². The molecule has 2 aromatic carbocycles. The number of aliphatic hydroxyl groups excluding tert-OH is 1. The standard InChI is InChI=1S/C20H25NO3/c1-4-11-21(14-17-7-5-6-8-19(17)23-2)13-16-9-10-20(24-3)18(12-16)15-22/h4-10,12,22H,1,11,13-15H2,2-3H3. The molecule has 0 heterocycles. The third-order valence-electron chi connectivity index (χ3n) is 3.90. The smallest absolute Gasteiger partial charge is 0.124 e. The van der Waals surface area contributed by atoms with Gasteiger partial charge in [0.2, 0.25) is 0 Å². The van der Waals surface area contributed by atoms with Gasteiger partial charge in [-0.1, -0.05) is 30.3 Å². The van der Waals surface area contributed by atoms with Gasteiger partial charge in [-0.05, 0) is 23.8 Å². The molecule has 0 amide bonds. The van der Waals surface area contributed by atoms with Crippen molar-refractivity contribution >= 4 is 0 Å². The molecule has 24 heavy (non-hydrogen) atoms. The van der Waals surface area contributed by atoms with Gasteiger partial charge in [0.15, 0.2) is 0 Å². The molecule has 0 aliphatic carbocycles. The van der Waals surface area contributed by atoms with Crippen LogP contribution in [0.5, 0.6) is 11.5 Å². The summed E-state index contributed by atoms with van der Waals surface area (Å²) in [5.41, 5.74) is 3.06. The first-order valence-corrected chi connectivity index (χ1v) is 7.93. The van der Waals surface area contributed by atoms with E-state index in [0.717, 1.165) is 42.1 Å². The molecular weight excluding hydrogens is 302 g/mol. The van der Waals surface area contributed by atoms with Crippen LogP contribution in [0.3, 0.4) is 0 Å². The van der Waals surface area contributed by atoms with Crippen LogP contribution in [0.25, 0.3) is 0 Å². The number of methoxy groups -OCH3 is 2. The number of aliphatic hydroxyl groups is 1. The summed E-state index contributed by atoms with van der Waals surface area (Å²) in [4.78, 5) is 2.27. The average molecular weight is 327 g/mol. The Morgan fingerprint density at radius 2 is 1.71 bits per heavy atom. The minimum atomic E-state index is -0.0367. The van der Waals surface area contributed by atoms with E-state index in [4.69, 9.17) is 9.47 Å². The largest absolute Gasteiger partial charge is 0.496 e. The molecule has 0 aromatic heterocycles. The molecule has 0 unspecified atom stereocenters. The average Bonchev–Trinajstić information content (AvgIpc) is 2.62. The first-order valence-electron chi connectivity index (χ1n) is 7.93. The van der Waals surface area contributed by atoms with Gasteiger partial charge in [-0.25, -0.2) is 0 Å². The number of para-hydroxylation sites is 1. The van der Waals surface area contributed by atoms with Crippen LogP contribution in [0.1, 0.15) is 16.7 Å². The fourth-order valence-corrected chi connectivity index (χ4v) is 2.75. The lowest BCUT2D eigenvalue weighted by atomic mass is 10.1. The van der Waals surface area contributed by atoms with E-state index in [0.29, 0.717) is 5.75 Å². The van der Waals surface area contributed by atoms with E-state index in [9.17, 15) is 5.11 Å². The molecule has 4 heteroatoms. The van der Waals surface area contributed by atoms with Crippen molar-refractivity contribution in [3.05, 3.63) is 71.8 Å². The molecule has 0 radical (unpaired) electrons. The Morgan fingerprint density at radius 1 is 1.00 bits per heavy atom. The van der Waals surface area contributed by atoms with Gasteiger partial charge in [-0.2, -0.15) is 0 Å². The molecule has 1 N–H and O–H groups in total. The van der Waals surface area contributed by atoms with Crippen LogP contribution in [-0.2, 0) is 19.7 Å². The second-order valence-electron chi connectivity index (χ2n) is 5.57.